The molecule has 0 aliphatic rings. The van der Waals surface area contributed by atoms with Crippen molar-refractivity contribution >= 4 is 27.5 Å². The quantitative estimate of drug-likeness (QED) is 0.830. The van der Waals surface area contributed by atoms with Crippen LogP contribution in [0.2, 0.25) is 0 Å². The Bertz CT molecular complexity index is 641. The van der Waals surface area contributed by atoms with Crippen molar-refractivity contribution in [2.45, 2.75) is 13.0 Å². The lowest BCUT2D eigenvalue weighted by Gasteiger charge is -2.15. The van der Waals surface area contributed by atoms with Crippen LogP contribution in [0.4, 0.5) is 5.69 Å². The van der Waals surface area contributed by atoms with Gasteiger partial charge in [0.1, 0.15) is 5.75 Å². The van der Waals surface area contributed by atoms with Crippen molar-refractivity contribution in [3.8, 4) is 5.75 Å². The third kappa shape index (κ3) is 3.76. The first-order valence-corrected chi connectivity index (χ1v) is 7.30. The van der Waals surface area contributed by atoms with Crippen molar-refractivity contribution in [1.29, 1.82) is 0 Å². The van der Waals surface area contributed by atoms with Gasteiger partial charge in [0.25, 0.3) is 5.91 Å². The van der Waals surface area contributed by atoms with E-state index in [1.54, 1.807) is 25.3 Å². The zero-order valence-electron chi connectivity index (χ0n) is 11.9. The van der Waals surface area contributed by atoms with Crippen molar-refractivity contribution in [3.05, 3.63) is 58.1 Å². The molecule has 5 heteroatoms. The molecule has 1 amide bonds. The molecular formula is C16H17BrN2O2. The van der Waals surface area contributed by atoms with Crippen LogP contribution >= 0.6 is 15.9 Å². The van der Waals surface area contributed by atoms with Crippen LogP contribution in [-0.4, -0.2) is 13.0 Å². The highest BCUT2D eigenvalue weighted by Crippen LogP contribution is 2.22. The Morgan fingerprint density at radius 1 is 1.24 bits per heavy atom. The van der Waals surface area contributed by atoms with E-state index in [-0.39, 0.29) is 11.9 Å². The first-order chi connectivity index (χ1) is 10.0. The van der Waals surface area contributed by atoms with E-state index in [2.05, 4.69) is 21.2 Å². The summed E-state index contributed by atoms with van der Waals surface area (Å²) in [6.07, 6.45) is 0. The van der Waals surface area contributed by atoms with E-state index in [0.717, 1.165) is 10.0 Å². The van der Waals surface area contributed by atoms with E-state index in [0.29, 0.717) is 17.0 Å². The molecule has 3 N–H and O–H groups in total. The lowest BCUT2D eigenvalue weighted by atomic mass is 10.1. The smallest absolute Gasteiger partial charge is 0.251 e. The molecule has 0 unspecified atom stereocenters. The van der Waals surface area contributed by atoms with Gasteiger partial charge in [-0.1, -0.05) is 28.1 Å². The van der Waals surface area contributed by atoms with Crippen molar-refractivity contribution in [2.24, 2.45) is 0 Å². The van der Waals surface area contributed by atoms with Crippen molar-refractivity contribution in [1.82, 2.24) is 5.32 Å². The summed E-state index contributed by atoms with van der Waals surface area (Å²) in [5.74, 6) is 0.396. The van der Waals surface area contributed by atoms with Crippen LogP contribution in [0.5, 0.6) is 5.75 Å². The molecule has 0 radical (unpaired) electrons. The molecule has 0 aromatic heterocycles. The molecule has 21 heavy (non-hydrogen) atoms. The SMILES string of the molecule is COc1ccc(C(=O)N[C@@H](C)c2ccc(Br)cc2)cc1N. The number of nitrogens with two attached hydrogens (primary N) is 1. The summed E-state index contributed by atoms with van der Waals surface area (Å²) in [5.41, 5.74) is 7.81. The number of rotatable bonds is 4. The highest BCUT2D eigenvalue weighted by Gasteiger charge is 2.12. The second kappa shape index (κ2) is 6.63. The average Bonchev–Trinajstić information content (AvgIpc) is 2.47. The van der Waals surface area contributed by atoms with Crippen LogP contribution in [0.1, 0.15) is 28.9 Å². The van der Waals surface area contributed by atoms with E-state index in [1.165, 1.54) is 0 Å². The van der Waals surface area contributed by atoms with Gasteiger partial charge >= 0.3 is 0 Å². The number of amides is 1. The van der Waals surface area contributed by atoms with Crippen LogP contribution in [-0.2, 0) is 0 Å². The van der Waals surface area contributed by atoms with Gasteiger partial charge < -0.3 is 15.8 Å². The highest BCUT2D eigenvalue weighted by molar-refractivity contribution is 9.10. The Balaban J connectivity index is 2.10. The van der Waals surface area contributed by atoms with E-state index in [9.17, 15) is 4.79 Å². The standard InChI is InChI=1S/C16H17BrN2O2/c1-10(11-3-6-13(17)7-4-11)19-16(20)12-5-8-15(21-2)14(18)9-12/h3-10H,18H2,1-2H3,(H,19,20)/t10-/m0/s1. The van der Waals surface area contributed by atoms with Crippen LogP contribution in [0.25, 0.3) is 0 Å². The summed E-state index contributed by atoms with van der Waals surface area (Å²) >= 11 is 3.39. The Hall–Kier alpha value is -2.01. The Morgan fingerprint density at radius 2 is 1.90 bits per heavy atom. The zero-order valence-corrected chi connectivity index (χ0v) is 13.5. The summed E-state index contributed by atoms with van der Waals surface area (Å²) in [7, 11) is 1.54. The van der Waals surface area contributed by atoms with Gasteiger partial charge in [-0.15, -0.1) is 0 Å². The van der Waals surface area contributed by atoms with Crippen molar-refractivity contribution in [3.63, 3.8) is 0 Å². The van der Waals surface area contributed by atoms with Crippen molar-refractivity contribution < 1.29 is 9.53 Å². The number of ether oxygens (including phenoxy) is 1. The fourth-order valence-electron chi connectivity index (χ4n) is 1.99. The largest absolute Gasteiger partial charge is 0.495 e. The van der Waals surface area contributed by atoms with Gasteiger partial charge in [0.2, 0.25) is 0 Å². The predicted octanol–water partition coefficient (Wildman–Crippen LogP) is 3.53. The number of carbonyl (C=O) groups is 1. The Labute approximate surface area is 132 Å². The number of carbonyl (C=O) groups excluding carboxylic acids is 1. The maximum absolute atomic E-state index is 12.2. The topological polar surface area (TPSA) is 64.3 Å². The van der Waals surface area contributed by atoms with Gasteiger partial charge in [0, 0.05) is 10.0 Å². The normalized spacial score (nSPS) is 11.8. The lowest BCUT2D eigenvalue weighted by Crippen LogP contribution is -2.26. The summed E-state index contributed by atoms with van der Waals surface area (Å²) in [4.78, 5) is 12.2. The minimum absolute atomic E-state index is 0.0890. The summed E-state index contributed by atoms with van der Waals surface area (Å²) in [5, 5.41) is 2.95. The van der Waals surface area contributed by atoms with Gasteiger partial charge in [-0.2, -0.15) is 0 Å². The Morgan fingerprint density at radius 3 is 2.48 bits per heavy atom. The van der Waals surface area contributed by atoms with Crippen LogP contribution in [0, 0.1) is 0 Å². The number of nitrogens with one attached hydrogen (secondary N) is 1. The molecular weight excluding hydrogens is 332 g/mol. The van der Waals surface area contributed by atoms with Gasteiger partial charge in [-0.3, -0.25) is 4.79 Å². The lowest BCUT2D eigenvalue weighted by molar-refractivity contribution is 0.0940. The molecule has 0 spiro atoms. The van der Waals surface area contributed by atoms with Crippen LogP contribution < -0.4 is 15.8 Å². The minimum Gasteiger partial charge on any atom is -0.495 e. The Kier molecular flexibility index (Phi) is 4.85. The number of halogens is 1. The predicted molar refractivity (Wildman–Crippen MR) is 87.4 cm³/mol. The first-order valence-electron chi connectivity index (χ1n) is 6.51. The third-order valence-electron chi connectivity index (χ3n) is 3.21. The van der Waals surface area contributed by atoms with Gasteiger partial charge in [-0.25, -0.2) is 0 Å². The second-order valence-corrected chi connectivity index (χ2v) is 5.62. The number of benzene rings is 2. The molecule has 2 aromatic carbocycles. The summed E-state index contributed by atoms with van der Waals surface area (Å²) in [6, 6.07) is 12.7. The van der Waals surface area contributed by atoms with Gasteiger partial charge in [0.15, 0.2) is 0 Å². The van der Waals surface area contributed by atoms with E-state index in [4.69, 9.17) is 10.5 Å². The molecule has 2 aromatic rings. The molecule has 110 valence electrons. The summed E-state index contributed by atoms with van der Waals surface area (Å²) < 4.78 is 6.09. The molecule has 0 fully saturated rings. The molecule has 0 saturated heterocycles. The fourth-order valence-corrected chi connectivity index (χ4v) is 2.25. The molecule has 0 bridgehead atoms. The molecule has 0 aliphatic carbocycles. The van der Waals surface area contributed by atoms with Gasteiger partial charge in [0.05, 0.1) is 18.8 Å². The maximum Gasteiger partial charge on any atom is 0.251 e. The second-order valence-electron chi connectivity index (χ2n) is 4.70. The minimum atomic E-state index is -0.167. The maximum atomic E-state index is 12.2. The summed E-state index contributed by atoms with van der Waals surface area (Å²) in [6.45, 7) is 1.94. The number of hydrogen-bond acceptors (Lipinski definition) is 3. The van der Waals surface area contributed by atoms with Crippen LogP contribution in [0.3, 0.4) is 0 Å². The van der Waals surface area contributed by atoms with E-state index < -0.39 is 0 Å². The first kappa shape index (κ1) is 15.4. The average molecular weight is 349 g/mol. The number of hydrogen-bond donors (Lipinski definition) is 2. The number of methoxy groups -OCH3 is 1. The van der Waals surface area contributed by atoms with Crippen molar-refractivity contribution in [2.75, 3.05) is 12.8 Å². The zero-order chi connectivity index (χ0) is 15.4. The number of nitrogen functional groups attached to an aromatic ring is 1. The number of anilines is 1. The van der Waals surface area contributed by atoms with E-state index in [1.807, 2.05) is 31.2 Å². The van der Waals surface area contributed by atoms with Crippen LogP contribution in [0.15, 0.2) is 46.9 Å². The molecule has 0 aliphatic heterocycles. The third-order valence-corrected chi connectivity index (χ3v) is 3.74. The molecule has 2 rings (SSSR count). The molecule has 1 atom stereocenters. The monoisotopic (exact) mass is 348 g/mol. The van der Waals surface area contributed by atoms with E-state index >= 15 is 0 Å². The molecule has 4 nitrogen and oxygen atoms in total. The molecule has 0 heterocycles. The van der Waals surface area contributed by atoms with Gasteiger partial charge in [-0.05, 0) is 42.8 Å². The molecule has 0 saturated carbocycles. The highest BCUT2D eigenvalue weighted by atomic mass is 79.9. The fraction of sp³-hybridized carbons (Fsp3) is 0.188.